The highest BCUT2D eigenvalue weighted by Crippen LogP contribution is 2.13. The second-order valence-corrected chi connectivity index (χ2v) is 9.13. The summed E-state index contributed by atoms with van der Waals surface area (Å²) in [5.74, 6) is -0.253. The minimum Gasteiger partial charge on any atom is -0.467 e. The molecule has 2 N–H and O–H groups in total. The van der Waals surface area contributed by atoms with Crippen LogP contribution in [-0.4, -0.2) is 37.7 Å². The lowest BCUT2D eigenvalue weighted by Gasteiger charge is -2.30. The van der Waals surface area contributed by atoms with E-state index in [2.05, 4.69) is 10.0 Å². The third kappa shape index (κ3) is 6.77. The van der Waals surface area contributed by atoms with Crippen molar-refractivity contribution in [3.05, 3.63) is 90.4 Å². The molecule has 2 amide bonds. The third-order valence-corrected chi connectivity index (χ3v) is 6.48. The quantitative estimate of drug-likeness (QED) is 0.449. The van der Waals surface area contributed by atoms with E-state index in [1.807, 2.05) is 30.3 Å². The Morgan fingerprint density at radius 3 is 2.24 bits per heavy atom. The van der Waals surface area contributed by atoms with Gasteiger partial charge in [-0.1, -0.05) is 55.5 Å². The van der Waals surface area contributed by atoms with Crippen LogP contribution in [0.4, 0.5) is 0 Å². The van der Waals surface area contributed by atoms with E-state index in [4.69, 9.17) is 4.42 Å². The molecule has 1 unspecified atom stereocenters. The van der Waals surface area contributed by atoms with Gasteiger partial charge in [-0.15, -0.1) is 0 Å². The normalized spacial score (nSPS) is 12.2. The van der Waals surface area contributed by atoms with Gasteiger partial charge in [0.1, 0.15) is 11.8 Å². The molecule has 0 radical (unpaired) electrons. The average molecular weight is 470 g/mol. The molecule has 0 aliphatic heterocycles. The Kier molecular flexibility index (Phi) is 8.39. The standard InChI is InChI=1S/C24H27N3O5S/c1-2-22(24(29)25-16-20-12-9-15-32-20)27(18-19-10-5-3-6-11-19)23(28)17-26-33(30,31)21-13-7-4-8-14-21/h3-15,22,26H,2,16-18H2,1H3,(H,25,29). The Morgan fingerprint density at radius 1 is 0.970 bits per heavy atom. The van der Waals surface area contributed by atoms with Crippen LogP contribution in [-0.2, 0) is 32.7 Å². The molecular formula is C24H27N3O5S. The van der Waals surface area contributed by atoms with E-state index in [9.17, 15) is 18.0 Å². The van der Waals surface area contributed by atoms with Crippen molar-refractivity contribution in [2.24, 2.45) is 0 Å². The van der Waals surface area contributed by atoms with Crippen molar-refractivity contribution in [3.63, 3.8) is 0 Å². The number of nitrogens with zero attached hydrogens (tertiary/aromatic N) is 1. The molecule has 3 rings (SSSR count). The first-order valence-electron chi connectivity index (χ1n) is 10.6. The molecule has 1 heterocycles. The molecule has 1 aromatic heterocycles. The molecule has 2 aromatic carbocycles. The Hall–Kier alpha value is -3.43. The summed E-state index contributed by atoms with van der Waals surface area (Å²) in [5.41, 5.74) is 0.828. The van der Waals surface area contributed by atoms with Gasteiger partial charge in [0.15, 0.2) is 0 Å². The van der Waals surface area contributed by atoms with Crippen LogP contribution in [0, 0.1) is 0 Å². The lowest BCUT2D eigenvalue weighted by molar-refractivity contribution is -0.140. The molecule has 9 heteroatoms. The monoisotopic (exact) mass is 469 g/mol. The maximum absolute atomic E-state index is 13.2. The van der Waals surface area contributed by atoms with E-state index >= 15 is 0 Å². The summed E-state index contributed by atoms with van der Waals surface area (Å²) in [6.45, 7) is 1.69. The summed E-state index contributed by atoms with van der Waals surface area (Å²) in [7, 11) is -3.86. The van der Waals surface area contributed by atoms with Crippen LogP contribution in [0.25, 0.3) is 0 Å². The van der Waals surface area contributed by atoms with Crippen LogP contribution < -0.4 is 10.0 Å². The number of amides is 2. The van der Waals surface area contributed by atoms with Gasteiger partial charge >= 0.3 is 0 Å². The van der Waals surface area contributed by atoms with Gasteiger partial charge < -0.3 is 14.6 Å². The van der Waals surface area contributed by atoms with Crippen LogP contribution in [0.5, 0.6) is 0 Å². The molecule has 1 atom stereocenters. The van der Waals surface area contributed by atoms with Crippen LogP contribution >= 0.6 is 0 Å². The maximum atomic E-state index is 13.2. The Labute approximate surface area is 193 Å². The molecule has 174 valence electrons. The molecule has 3 aromatic rings. The molecule has 0 saturated carbocycles. The maximum Gasteiger partial charge on any atom is 0.243 e. The fourth-order valence-corrected chi connectivity index (χ4v) is 4.34. The van der Waals surface area contributed by atoms with Crippen LogP contribution in [0.2, 0.25) is 0 Å². The van der Waals surface area contributed by atoms with E-state index in [1.54, 1.807) is 37.3 Å². The number of hydrogen-bond acceptors (Lipinski definition) is 5. The Morgan fingerprint density at radius 2 is 1.64 bits per heavy atom. The first kappa shape index (κ1) is 24.2. The molecule has 0 saturated heterocycles. The lowest BCUT2D eigenvalue weighted by atomic mass is 10.1. The van der Waals surface area contributed by atoms with Crippen molar-refractivity contribution in [2.75, 3.05) is 6.54 Å². The first-order valence-corrected chi connectivity index (χ1v) is 12.1. The molecule has 8 nitrogen and oxygen atoms in total. The fraction of sp³-hybridized carbons (Fsp3) is 0.250. The van der Waals surface area contributed by atoms with E-state index < -0.39 is 28.5 Å². The van der Waals surface area contributed by atoms with Crippen molar-refractivity contribution in [2.45, 2.75) is 37.4 Å². The second kappa shape index (κ2) is 11.4. The molecule has 0 fully saturated rings. The van der Waals surface area contributed by atoms with Gasteiger partial charge in [0.05, 0.1) is 24.2 Å². The predicted octanol–water partition coefficient (Wildman–Crippen LogP) is 2.68. The number of benzene rings is 2. The zero-order chi connectivity index (χ0) is 23.7. The summed E-state index contributed by atoms with van der Waals surface area (Å²) in [5, 5.41) is 2.79. The zero-order valence-electron chi connectivity index (χ0n) is 18.3. The molecule has 33 heavy (non-hydrogen) atoms. The zero-order valence-corrected chi connectivity index (χ0v) is 19.1. The van der Waals surface area contributed by atoms with Crippen LogP contribution in [0.3, 0.4) is 0 Å². The number of nitrogens with one attached hydrogen (secondary N) is 2. The summed E-state index contributed by atoms with van der Waals surface area (Å²) in [6.07, 6.45) is 1.87. The summed E-state index contributed by atoms with van der Waals surface area (Å²) in [6, 6.07) is 19.7. The molecule has 0 aliphatic carbocycles. The molecular weight excluding hydrogens is 442 g/mol. The SMILES string of the molecule is CCC(C(=O)NCc1ccco1)N(Cc1ccccc1)C(=O)CNS(=O)(=O)c1ccccc1. The fourth-order valence-electron chi connectivity index (χ4n) is 3.35. The van der Waals surface area contributed by atoms with Crippen molar-refractivity contribution in [1.29, 1.82) is 0 Å². The predicted molar refractivity (Wildman–Crippen MR) is 123 cm³/mol. The number of hydrogen-bond donors (Lipinski definition) is 2. The third-order valence-electron chi connectivity index (χ3n) is 5.07. The van der Waals surface area contributed by atoms with Crippen molar-refractivity contribution >= 4 is 21.8 Å². The van der Waals surface area contributed by atoms with E-state index in [0.717, 1.165) is 5.56 Å². The average Bonchev–Trinajstić information content (AvgIpc) is 3.36. The summed E-state index contributed by atoms with van der Waals surface area (Å²) in [4.78, 5) is 27.6. The van der Waals surface area contributed by atoms with Gasteiger partial charge in [0.2, 0.25) is 21.8 Å². The van der Waals surface area contributed by atoms with E-state index in [-0.39, 0.29) is 23.9 Å². The second-order valence-electron chi connectivity index (χ2n) is 7.37. The molecule has 0 bridgehead atoms. The number of carbonyl (C=O) groups excluding carboxylic acids is 2. The lowest BCUT2D eigenvalue weighted by Crippen LogP contribution is -2.51. The Balaban J connectivity index is 1.75. The Bertz CT molecular complexity index is 1130. The minimum atomic E-state index is -3.86. The van der Waals surface area contributed by atoms with Gasteiger partial charge in [-0.05, 0) is 36.2 Å². The van der Waals surface area contributed by atoms with E-state index in [1.165, 1.54) is 23.3 Å². The van der Waals surface area contributed by atoms with E-state index in [0.29, 0.717) is 12.2 Å². The van der Waals surface area contributed by atoms with Crippen LogP contribution in [0.1, 0.15) is 24.7 Å². The van der Waals surface area contributed by atoms with Gasteiger partial charge in [0.25, 0.3) is 0 Å². The van der Waals surface area contributed by atoms with Gasteiger partial charge in [-0.2, -0.15) is 0 Å². The molecule has 0 spiro atoms. The number of carbonyl (C=O) groups is 2. The number of sulfonamides is 1. The van der Waals surface area contributed by atoms with Gasteiger partial charge in [-0.3, -0.25) is 9.59 Å². The smallest absolute Gasteiger partial charge is 0.243 e. The molecule has 0 aliphatic rings. The minimum absolute atomic E-state index is 0.0654. The highest BCUT2D eigenvalue weighted by molar-refractivity contribution is 7.89. The number of rotatable bonds is 11. The summed E-state index contributed by atoms with van der Waals surface area (Å²) >= 11 is 0. The van der Waals surface area contributed by atoms with Crippen LogP contribution in [0.15, 0.2) is 88.4 Å². The largest absolute Gasteiger partial charge is 0.467 e. The highest BCUT2D eigenvalue weighted by Gasteiger charge is 2.29. The van der Waals surface area contributed by atoms with Crippen molar-refractivity contribution < 1.29 is 22.4 Å². The van der Waals surface area contributed by atoms with Crippen molar-refractivity contribution in [3.8, 4) is 0 Å². The number of furan rings is 1. The highest BCUT2D eigenvalue weighted by atomic mass is 32.2. The van der Waals surface area contributed by atoms with Gasteiger partial charge in [0, 0.05) is 6.54 Å². The van der Waals surface area contributed by atoms with Crippen molar-refractivity contribution in [1.82, 2.24) is 14.9 Å². The van der Waals surface area contributed by atoms with Gasteiger partial charge in [-0.25, -0.2) is 13.1 Å². The topological polar surface area (TPSA) is 109 Å². The summed E-state index contributed by atoms with van der Waals surface area (Å²) < 4.78 is 32.7. The first-order chi connectivity index (χ1) is 15.9.